The van der Waals surface area contributed by atoms with Crippen LogP contribution in [0.2, 0.25) is 0 Å². The molecule has 0 aliphatic carbocycles. The number of amides is 1. The summed E-state index contributed by atoms with van der Waals surface area (Å²) in [6.45, 7) is 6.18. The summed E-state index contributed by atoms with van der Waals surface area (Å²) in [4.78, 5) is 19.5. The van der Waals surface area contributed by atoms with E-state index in [0.717, 1.165) is 57.1 Å². The van der Waals surface area contributed by atoms with Gasteiger partial charge in [-0.05, 0) is 35.7 Å². The Morgan fingerprint density at radius 2 is 1.70 bits per heavy atom. The van der Waals surface area contributed by atoms with Crippen LogP contribution in [0.4, 0.5) is 5.69 Å². The molecule has 2 aliphatic heterocycles. The van der Waals surface area contributed by atoms with Gasteiger partial charge in [0.1, 0.15) is 5.75 Å². The number of carbonyl (C=O) groups is 1. The highest BCUT2D eigenvalue weighted by Gasteiger charge is 2.27. The van der Waals surface area contributed by atoms with E-state index in [1.165, 1.54) is 11.1 Å². The average Bonchev–Trinajstić information content (AvgIpc) is 3.13. The van der Waals surface area contributed by atoms with Gasteiger partial charge in [0.2, 0.25) is 5.91 Å². The topological polar surface area (TPSA) is 36.0 Å². The van der Waals surface area contributed by atoms with Crippen LogP contribution in [-0.4, -0.2) is 62.1 Å². The molecule has 2 aliphatic rings. The Balaban J connectivity index is 1.29. The summed E-state index contributed by atoms with van der Waals surface area (Å²) in [6.07, 6.45) is 0.906. The highest BCUT2D eigenvalue weighted by molar-refractivity contribution is 5.96. The van der Waals surface area contributed by atoms with Gasteiger partial charge < -0.3 is 9.64 Å². The van der Waals surface area contributed by atoms with Gasteiger partial charge in [0, 0.05) is 45.0 Å². The fourth-order valence-electron chi connectivity index (χ4n) is 3.99. The van der Waals surface area contributed by atoms with Crippen LogP contribution in [0.3, 0.4) is 0 Å². The summed E-state index contributed by atoms with van der Waals surface area (Å²) < 4.78 is 5.29. The van der Waals surface area contributed by atoms with Crippen molar-refractivity contribution in [3.63, 3.8) is 0 Å². The maximum atomic E-state index is 12.8. The first kappa shape index (κ1) is 18.0. The van der Waals surface area contributed by atoms with E-state index < -0.39 is 0 Å². The minimum Gasteiger partial charge on any atom is -0.497 e. The Hall–Kier alpha value is -2.37. The van der Waals surface area contributed by atoms with Gasteiger partial charge in [0.25, 0.3) is 0 Å². The van der Waals surface area contributed by atoms with E-state index in [2.05, 4.69) is 40.1 Å². The van der Waals surface area contributed by atoms with Crippen molar-refractivity contribution in [1.82, 2.24) is 9.80 Å². The molecule has 0 bridgehead atoms. The Kier molecular flexibility index (Phi) is 5.41. The van der Waals surface area contributed by atoms with Crippen LogP contribution < -0.4 is 9.64 Å². The van der Waals surface area contributed by atoms with Crippen LogP contribution in [0.1, 0.15) is 11.1 Å². The van der Waals surface area contributed by atoms with E-state index in [1.807, 2.05) is 23.1 Å². The van der Waals surface area contributed by atoms with Crippen LogP contribution >= 0.6 is 0 Å². The average molecular weight is 365 g/mol. The summed E-state index contributed by atoms with van der Waals surface area (Å²) >= 11 is 0. The van der Waals surface area contributed by atoms with Crippen LogP contribution in [0.25, 0.3) is 0 Å². The molecule has 0 saturated carbocycles. The van der Waals surface area contributed by atoms with Gasteiger partial charge in [-0.15, -0.1) is 0 Å². The number of nitrogens with zero attached hydrogens (tertiary/aromatic N) is 3. The molecule has 0 N–H and O–H groups in total. The molecule has 2 aromatic carbocycles. The zero-order valence-electron chi connectivity index (χ0n) is 15.9. The molecule has 5 nitrogen and oxygen atoms in total. The lowest BCUT2D eigenvalue weighted by molar-refractivity contribution is -0.120. The van der Waals surface area contributed by atoms with E-state index in [-0.39, 0.29) is 5.91 Å². The summed E-state index contributed by atoms with van der Waals surface area (Å²) in [5, 5.41) is 0. The molecule has 2 heterocycles. The standard InChI is InChI=1S/C22H27N3O2/c1-27-20-7-8-21-19(15-20)9-10-25(21)22(26)17-24-13-11-23(12-14-24)16-18-5-3-2-4-6-18/h2-8,15H,9-14,16-17H2,1H3. The van der Waals surface area contributed by atoms with Crippen LogP contribution in [0.5, 0.6) is 5.75 Å². The predicted molar refractivity (Wildman–Crippen MR) is 107 cm³/mol. The molecule has 0 spiro atoms. The number of piperazine rings is 1. The number of anilines is 1. The number of fused-ring (bicyclic) bond motifs is 1. The first-order chi connectivity index (χ1) is 13.2. The normalized spacial score (nSPS) is 17.7. The molecule has 0 aromatic heterocycles. The molecule has 1 saturated heterocycles. The maximum Gasteiger partial charge on any atom is 0.241 e. The Morgan fingerprint density at radius 1 is 0.963 bits per heavy atom. The zero-order valence-corrected chi connectivity index (χ0v) is 15.9. The van der Waals surface area contributed by atoms with E-state index >= 15 is 0 Å². The second kappa shape index (κ2) is 8.11. The van der Waals surface area contributed by atoms with Crippen molar-refractivity contribution in [2.24, 2.45) is 0 Å². The van der Waals surface area contributed by atoms with Crippen molar-refractivity contribution in [3.8, 4) is 5.75 Å². The zero-order chi connectivity index (χ0) is 18.6. The number of ether oxygens (including phenoxy) is 1. The second-order valence-corrected chi connectivity index (χ2v) is 7.33. The Bertz CT molecular complexity index is 785. The number of rotatable bonds is 5. The molecule has 0 radical (unpaired) electrons. The number of hydrogen-bond donors (Lipinski definition) is 0. The van der Waals surface area contributed by atoms with E-state index in [4.69, 9.17) is 4.74 Å². The van der Waals surface area contributed by atoms with Crippen molar-refractivity contribution in [1.29, 1.82) is 0 Å². The van der Waals surface area contributed by atoms with Crippen LogP contribution in [0, 0.1) is 0 Å². The number of benzene rings is 2. The Morgan fingerprint density at radius 3 is 2.44 bits per heavy atom. The van der Waals surface area contributed by atoms with E-state index in [9.17, 15) is 4.79 Å². The van der Waals surface area contributed by atoms with Crippen molar-refractivity contribution in [2.45, 2.75) is 13.0 Å². The smallest absolute Gasteiger partial charge is 0.241 e. The lowest BCUT2D eigenvalue weighted by Gasteiger charge is -2.35. The van der Waals surface area contributed by atoms with E-state index in [1.54, 1.807) is 7.11 Å². The highest BCUT2D eigenvalue weighted by Crippen LogP contribution is 2.31. The van der Waals surface area contributed by atoms with Gasteiger partial charge in [-0.3, -0.25) is 14.6 Å². The fourth-order valence-corrected chi connectivity index (χ4v) is 3.99. The third kappa shape index (κ3) is 4.15. The van der Waals surface area contributed by atoms with E-state index in [0.29, 0.717) is 6.54 Å². The van der Waals surface area contributed by atoms with Gasteiger partial charge in [-0.1, -0.05) is 30.3 Å². The molecule has 5 heteroatoms. The molecule has 4 rings (SSSR count). The highest BCUT2D eigenvalue weighted by atomic mass is 16.5. The molecule has 0 atom stereocenters. The summed E-state index contributed by atoms with van der Waals surface area (Å²) in [5.74, 6) is 1.06. The molecule has 1 amide bonds. The molecule has 27 heavy (non-hydrogen) atoms. The van der Waals surface area contributed by atoms with Gasteiger partial charge in [-0.2, -0.15) is 0 Å². The molecule has 2 aromatic rings. The van der Waals surface area contributed by atoms with Crippen molar-refractivity contribution < 1.29 is 9.53 Å². The maximum absolute atomic E-state index is 12.8. The number of hydrogen-bond acceptors (Lipinski definition) is 4. The monoisotopic (exact) mass is 365 g/mol. The minimum atomic E-state index is 0.204. The Labute approximate surface area is 161 Å². The SMILES string of the molecule is COc1ccc2c(c1)CCN2C(=O)CN1CCN(Cc2ccccc2)CC1. The van der Waals surface area contributed by atoms with Crippen molar-refractivity contribution in [2.75, 3.05) is 51.3 Å². The summed E-state index contributed by atoms with van der Waals surface area (Å²) in [5.41, 5.74) is 3.60. The van der Waals surface area contributed by atoms with Crippen LogP contribution in [0.15, 0.2) is 48.5 Å². The van der Waals surface area contributed by atoms with Gasteiger partial charge in [-0.25, -0.2) is 0 Å². The van der Waals surface area contributed by atoms with Crippen molar-refractivity contribution in [3.05, 3.63) is 59.7 Å². The number of carbonyl (C=O) groups excluding carboxylic acids is 1. The second-order valence-electron chi connectivity index (χ2n) is 7.33. The first-order valence-corrected chi connectivity index (χ1v) is 9.69. The quantitative estimate of drug-likeness (QED) is 0.815. The predicted octanol–water partition coefficient (Wildman–Crippen LogP) is 2.40. The summed E-state index contributed by atoms with van der Waals surface area (Å²) in [6, 6.07) is 16.6. The molecular formula is C22H27N3O2. The molecular weight excluding hydrogens is 338 g/mol. The minimum absolute atomic E-state index is 0.204. The summed E-state index contributed by atoms with van der Waals surface area (Å²) in [7, 11) is 1.68. The van der Waals surface area contributed by atoms with Gasteiger partial charge in [0.05, 0.1) is 13.7 Å². The number of methoxy groups -OCH3 is 1. The molecule has 142 valence electrons. The van der Waals surface area contributed by atoms with Gasteiger partial charge in [0.15, 0.2) is 0 Å². The molecule has 0 unspecified atom stereocenters. The molecule has 1 fully saturated rings. The van der Waals surface area contributed by atoms with Crippen LogP contribution in [-0.2, 0) is 17.8 Å². The fraction of sp³-hybridized carbons (Fsp3) is 0.409. The lowest BCUT2D eigenvalue weighted by Crippen LogP contribution is -2.49. The lowest BCUT2D eigenvalue weighted by atomic mass is 10.1. The van der Waals surface area contributed by atoms with Crippen molar-refractivity contribution >= 4 is 11.6 Å². The largest absolute Gasteiger partial charge is 0.497 e. The van der Waals surface area contributed by atoms with Gasteiger partial charge >= 0.3 is 0 Å². The first-order valence-electron chi connectivity index (χ1n) is 9.69. The third-order valence-electron chi connectivity index (χ3n) is 5.56. The third-order valence-corrected chi connectivity index (χ3v) is 5.56.